The van der Waals surface area contributed by atoms with Crippen LogP contribution in [0.1, 0.15) is 24.1 Å². The number of hydrogen-bond donors (Lipinski definition) is 1. The largest absolute Gasteiger partial charge is 0.507 e. The molecule has 1 atom stereocenters. The predicted molar refractivity (Wildman–Crippen MR) is 146 cm³/mol. The van der Waals surface area contributed by atoms with E-state index in [4.69, 9.17) is 18.9 Å². The number of aliphatic hydroxyl groups is 1. The number of ketones is 1. The molecule has 198 valence electrons. The third-order valence-electron chi connectivity index (χ3n) is 6.54. The lowest BCUT2D eigenvalue weighted by Crippen LogP contribution is -2.29. The molecular weight excluding hydrogens is 520 g/mol. The van der Waals surface area contributed by atoms with Gasteiger partial charge in [0, 0.05) is 5.56 Å². The van der Waals surface area contributed by atoms with Crippen molar-refractivity contribution in [3.8, 4) is 23.0 Å². The zero-order chi connectivity index (χ0) is 27.1. The number of aliphatic hydroxyl groups excluding tert-OH is 1. The molecule has 1 fully saturated rings. The van der Waals surface area contributed by atoms with Gasteiger partial charge in [0.25, 0.3) is 5.78 Å². The molecule has 10 heteroatoms. The van der Waals surface area contributed by atoms with Crippen molar-refractivity contribution in [3.05, 3.63) is 77.4 Å². The Morgan fingerprint density at radius 2 is 1.87 bits per heavy atom. The summed E-state index contributed by atoms with van der Waals surface area (Å²) in [5, 5.41) is 11.8. The van der Waals surface area contributed by atoms with Gasteiger partial charge in [0.1, 0.15) is 30.5 Å². The maximum Gasteiger partial charge on any atom is 0.301 e. The van der Waals surface area contributed by atoms with Crippen molar-refractivity contribution in [2.24, 2.45) is 0 Å². The van der Waals surface area contributed by atoms with Crippen molar-refractivity contribution in [1.82, 2.24) is 4.98 Å². The molecule has 4 aromatic rings. The maximum atomic E-state index is 13.6. The molecule has 0 unspecified atom stereocenters. The predicted octanol–water partition coefficient (Wildman–Crippen LogP) is 5.10. The summed E-state index contributed by atoms with van der Waals surface area (Å²) in [5.74, 6) is 0.312. The van der Waals surface area contributed by atoms with Crippen molar-refractivity contribution in [1.29, 1.82) is 0 Å². The second-order valence-electron chi connectivity index (χ2n) is 8.86. The van der Waals surface area contributed by atoms with Crippen LogP contribution in [0.15, 0.2) is 66.2 Å². The van der Waals surface area contributed by atoms with Crippen LogP contribution in [0.25, 0.3) is 16.0 Å². The number of anilines is 1. The van der Waals surface area contributed by atoms with E-state index < -0.39 is 17.7 Å². The summed E-state index contributed by atoms with van der Waals surface area (Å²) in [6, 6.07) is 16.5. The minimum atomic E-state index is -0.943. The summed E-state index contributed by atoms with van der Waals surface area (Å²) in [6.07, 6.45) is 0. The van der Waals surface area contributed by atoms with E-state index in [1.54, 1.807) is 61.7 Å². The van der Waals surface area contributed by atoms with E-state index >= 15 is 0 Å². The SMILES string of the molecule is CCOc1cccc([C@@H]2C(=C(O)c3ccc4c(c3)OCCO4)C(=O)C(=O)N2c2nc3ccc(OC)cc3s2)c1. The van der Waals surface area contributed by atoms with Gasteiger partial charge in [-0.15, -0.1) is 0 Å². The number of Topliss-reactive ketones (excluding diaryl/α,β-unsaturated/α-hetero) is 1. The maximum absolute atomic E-state index is 13.6. The van der Waals surface area contributed by atoms with Gasteiger partial charge in [0.2, 0.25) is 0 Å². The quantitative estimate of drug-likeness (QED) is 0.203. The molecule has 6 rings (SSSR count). The van der Waals surface area contributed by atoms with E-state index in [9.17, 15) is 14.7 Å². The van der Waals surface area contributed by atoms with Crippen LogP contribution in [-0.4, -0.2) is 48.7 Å². The number of thiazole rings is 1. The molecular formula is C29H24N2O7S. The first-order valence-corrected chi connectivity index (χ1v) is 13.2. The van der Waals surface area contributed by atoms with Crippen LogP contribution < -0.4 is 23.8 Å². The Bertz CT molecular complexity index is 1640. The van der Waals surface area contributed by atoms with E-state index in [-0.39, 0.29) is 11.3 Å². The molecule has 3 aromatic carbocycles. The summed E-state index contributed by atoms with van der Waals surface area (Å²) in [4.78, 5) is 33.1. The van der Waals surface area contributed by atoms with Crippen LogP contribution >= 0.6 is 11.3 Å². The average molecular weight is 545 g/mol. The Hall–Kier alpha value is -4.57. The Balaban J connectivity index is 1.53. The Morgan fingerprint density at radius 1 is 1.05 bits per heavy atom. The van der Waals surface area contributed by atoms with Gasteiger partial charge in [0.05, 0.1) is 35.5 Å². The van der Waals surface area contributed by atoms with Gasteiger partial charge in [-0.25, -0.2) is 4.98 Å². The molecule has 2 aliphatic rings. The monoisotopic (exact) mass is 544 g/mol. The van der Waals surface area contributed by atoms with Gasteiger partial charge in [-0.1, -0.05) is 23.5 Å². The second-order valence-corrected chi connectivity index (χ2v) is 9.87. The molecule has 0 bridgehead atoms. The van der Waals surface area contributed by atoms with E-state index in [0.717, 1.165) is 4.70 Å². The number of benzene rings is 3. The fraction of sp³-hybridized carbons (Fsp3) is 0.207. The molecule has 0 spiro atoms. The zero-order valence-electron chi connectivity index (χ0n) is 21.2. The highest BCUT2D eigenvalue weighted by Gasteiger charge is 2.48. The van der Waals surface area contributed by atoms with Crippen LogP contribution in [0.2, 0.25) is 0 Å². The second kappa shape index (κ2) is 9.95. The van der Waals surface area contributed by atoms with Crippen molar-refractivity contribution in [2.75, 3.05) is 31.8 Å². The number of carbonyl (C=O) groups excluding carboxylic acids is 2. The van der Waals surface area contributed by atoms with Crippen LogP contribution in [0.5, 0.6) is 23.0 Å². The minimum absolute atomic E-state index is 0.0536. The summed E-state index contributed by atoms with van der Waals surface area (Å²) in [6.45, 7) is 3.11. The first-order valence-electron chi connectivity index (χ1n) is 12.4. The number of amides is 1. The number of nitrogens with zero attached hydrogens (tertiary/aromatic N) is 2. The van der Waals surface area contributed by atoms with Crippen molar-refractivity contribution < 1.29 is 33.6 Å². The number of rotatable bonds is 6. The Labute approximate surface area is 227 Å². The fourth-order valence-corrected chi connectivity index (χ4v) is 5.78. The first kappa shape index (κ1) is 24.7. The molecule has 0 radical (unpaired) electrons. The average Bonchev–Trinajstić information content (AvgIpc) is 3.50. The van der Waals surface area contributed by atoms with Crippen molar-refractivity contribution in [3.63, 3.8) is 0 Å². The van der Waals surface area contributed by atoms with Crippen molar-refractivity contribution >= 4 is 44.1 Å². The van der Waals surface area contributed by atoms with Gasteiger partial charge in [0.15, 0.2) is 16.6 Å². The van der Waals surface area contributed by atoms with Crippen LogP contribution in [0, 0.1) is 0 Å². The van der Waals surface area contributed by atoms with Gasteiger partial charge >= 0.3 is 5.91 Å². The molecule has 1 N–H and O–H groups in total. The van der Waals surface area contributed by atoms with Crippen LogP contribution in [-0.2, 0) is 9.59 Å². The lowest BCUT2D eigenvalue weighted by Gasteiger charge is -2.23. The number of aromatic nitrogens is 1. The summed E-state index contributed by atoms with van der Waals surface area (Å²) < 4.78 is 23.1. The van der Waals surface area contributed by atoms with E-state index in [0.29, 0.717) is 64.6 Å². The highest BCUT2D eigenvalue weighted by atomic mass is 32.1. The number of ether oxygens (including phenoxy) is 4. The number of hydrogen-bond acceptors (Lipinski definition) is 9. The van der Waals surface area contributed by atoms with E-state index in [2.05, 4.69) is 4.98 Å². The topological polar surface area (TPSA) is 107 Å². The summed E-state index contributed by atoms with van der Waals surface area (Å²) in [7, 11) is 1.57. The third kappa shape index (κ3) is 4.32. The summed E-state index contributed by atoms with van der Waals surface area (Å²) in [5.41, 5.74) is 1.53. The van der Waals surface area contributed by atoms with Crippen LogP contribution in [0.3, 0.4) is 0 Å². The van der Waals surface area contributed by atoms with Gasteiger partial charge in [-0.05, 0) is 61.0 Å². The minimum Gasteiger partial charge on any atom is -0.507 e. The standard InChI is InChI=1S/C29H24N2O7S/c1-3-36-19-6-4-5-16(13-19)25-24(26(32)17-7-10-21-22(14-17)38-12-11-37-21)27(33)28(34)31(25)29-30-20-9-8-18(35-2)15-23(20)39-29/h4-10,13-15,25,32H,3,11-12H2,1-2H3/t25-/m1/s1. The molecule has 3 heterocycles. The molecule has 0 aliphatic carbocycles. The van der Waals surface area contributed by atoms with E-state index in [1.807, 2.05) is 13.0 Å². The lowest BCUT2D eigenvalue weighted by molar-refractivity contribution is -0.132. The number of methoxy groups -OCH3 is 1. The summed E-state index contributed by atoms with van der Waals surface area (Å²) >= 11 is 1.26. The normalized spacial score (nSPS) is 18.0. The Kier molecular flexibility index (Phi) is 6.32. The molecule has 1 aromatic heterocycles. The zero-order valence-corrected chi connectivity index (χ0v) is 22.0. The molecule has 1 amide bonds. The van der Waals surface area contributed by atoms with Crippen LogP contribution in [0.4, 0.5) is 5.13 Å². The highest BCUT2D eigenvalue weighted by Crippen LogP contribution is 2.45. The van der Waals surface area contributed by atoms with Gasteiger partial charge in [-0.3, -0.25) is 14.5 Å². The molecule has 1 saturated heterocycles. The number of fused-ring (bicyclic) bond motifs is 2. The Morgan fingerprint density at radius 3 is 2.67 bits per heavy atom. The molecule has 2 aliphatic heterocycles. The first-order chi connectivity index (χ1) is 19.0. The van der Waals surface area contributed by atoms with Crippen molar-refractivity contribution in [2.45, 2.75) is 13.0 Å². The molecule has 9 nitrogen and oxygen atoms in total. The fourth-order valence-electron chi connectivity index (χ4n) is 4.76. The molecule has 0 saturated carbocycles. The van der Waals surface area contributed by atoms with Gasteiger partial charge in [-0.2, -0.15) is 0 Å². The third-order valence-corrected chi connectivity index (χ3v) is 7.55. The molecule has 39 heavy (non-hydrogen) atoms. The number of carbonyl (C=O) groups is 2. The smallest absolute Gasteiger partial charge is 0.301 e. The lowest BCUT2D eigenvalue weighted by atomic mass is 9.95. The van der Waals surface area contributed by atoms with Gasteiger partial charge < -0.3 is 24.1 Å². The van der Waals surface area contributed by atoms with E-state index in [1.165, 1.54) is 16.2 Å². The highest BCUT2D eigenvalue weighted by molar-refractivity contribution is 7.22.